The molecule has 140 valence electrons. The molecule has 2 heterocycles. The fraction of sp³-hybridized carbons (Fsp3) is 0.389. The van der Waals surface area contributed by atoms with Crippen LogP contribution in [0, 0.1) is 0 Å². The van der Waals surface area contributed by atoms with Gasteiger partial charge in [-0.1, -0.05) is 0 Å². The first kappa shape index (κ1) is 18.5. The quantitative estimate of drug-likeness (QED) is 0.799. The number of nitrogens with one attached hydrogen (secondary N) is 1. The first-order valence-electron chi connectivity index (χ1n) is 8.47. The van der Waals surface area contributed by atoms with Crippen LogP contribution >= 0.6 is 0 Å². The molecule has 1 unspecified atom stereocenters. The molecule has 1 N–H and O–H groups in total. The highest BCUT2D eigenvalue weighted by molar-refractivity contribution is 7.89. The van der Waals surface area contributed by atoms with Crippen LogP contribution in [-0.4, -0.2) is 39.4 Å². The first-order chi connectivity index (χ1) is 12.5. The molecule has 1 aliphatic heterocycles. The number of methoxy groups -OCH3 is 1. The summed E-state index contributed by atoms with van der Waals surface area (Å²) in [6, 6.07) is 8.65. The zero-order chi connectivity index (χ0) is 18.6. The second-order valence-corrected chi connectivity index (χ2v) is 7.87. The van der Waals surface area contributed by atoms with Crippen LogP contribution < -0.4 is 9.46 Å². The van der Waals surface area contributed by atoms with Gasteiger partial charge in [0.05, 0.1) is 30.7 Å². The van der Waals surface area contributed by atoms with Crippen molar-refractivity contribution in [3.8, 4) is 5.75 Å². The Morgan fingerprint density at radius 1 is 1.23 bits per heavy atom. The van der Waals surface area contributed by atoms with E-state index in [-0.39, 0.29) is 17.2 Å². The molecule has 0 aliphatic carbocycles. The molecule has 2 aromatic rings. The number of likely N-dealkylation sites (tertiary alicyclic amines) is 1. The molecule has 3 rings (SSSR count). The highest BCUT2D eigenvalue weighted by Gasteiger charge is 2.28. The molecule has 0 saturated carbocycles. The number of nitrogens with zero attached hydrogens (tertiary/aromatic N) is 1. The van der Waals surface area contributed by atoms with Gasteiger partial charge in [0, 0.05) is 13.1 Å². The van der Waals surface area contributed by atoms with Crippen LogP contribution in [0.3, 0.4) is 0 Å². The third-order valence-corrected chi connectivity index (χ3v) is 5.88. The monoisotopic (exact) mass is 378 g/mol. The number of carbonyl (C=O) groups is 1. The van der Waals surface area contributed by atoms with Crippen LogP contribution in [0.5, 0.6) is 5.75 Å². The van der Waals surface area contributed by atoms with Crippen molar-refractivity contribution in [3.05, 3.63) is 48.4 Å². The lowest BCUT2D eigenvalue weighted by Gasteiger charge is -2.21. The van der Waals surface area contributed by atoms with Gasteiger partial charge in [0.2, 0.25) is 15.9 Å². The topological polar surface area (TPSA) is 88.8 Å². The number of rotatable bonds is 7. The standard InChI is InChI=1S/C18H22N2O5S/c1-24-14-6-8-15(9-7-14)26(22,23)19-16(17-5-4-12-25-17)13-18(21)20-10-2-3-11-20/h4-9,12,16,19H,2-3,10-11,13H2,1H3. The minimum Gasteiger partial charge on any atom is -0.497 e. The van der Waals surface area contributed by atoms with Crippen LogP contribution in [0.25, 0.3) is 0 Å². The minimum atomic E-state index is -3.82. The van der Waals surface area contributed by atoms with E-state index in [0.29, 0.717) is 11.5 Å². The average molecular weight is 378 g/mol. The van der Waals surface area contributed by atoms with Gasteiger partial charge in [-0.2, -0.15) is 4.72 Å². The highest BCUT2D eigenvalue weighted by atomic mass is 32.2. The van der Waals surface area contributed by atoms with Crippen LogP contribution in [0.1, 0.15) is 31.1 Å². The number of hydrogen-bond acceptors (Lipinski definition) is 5. The van der Waals surface area contributed by atoms with E-state index in [0.717, 1.165) is 25.9 Å². The summed E-state index contributed by atoms with van der Waals surface area (Å²) in [5, 5.41) is 0. The van der Waals surface area contributed by atoms with E-state index in [2.05, 4.69) is 4.72 Å². The molecule has 0 bridgehead atoms. The largest absolute Gasteiger partial charge is 0.497 e. The summed E-state index contributed by atoms with van der Waals surface area (Å²) in [5.41, 5.74) is 0. The summed E-state index contributed by atoms with van der Waals surface area (Å²) in [7, 11) is -2.30. The fourth-order valence-corrected chi connectivity index (χ4v) is 4.17. The Hall–Kier alpha value is -2.32. The van der Waals surface area contributed by atoms with Crippen molar-refractivity contribution >= 4 is 15.9 Å². The lowest BCUT2D eigenvalue weighted by Crippen LogP contribution is -2.35. The predicted octanol–water partition coefficient (Wildman–Crippen LogP) is 2.32. The lowest BCUT2D eigenvalue weighted by molar-refractivity contribution is -0.130. The molecule has 1 atom stereocenters. The normalized spacial score (nSPS) is 15.8. The summed E-state index contributed by atoms with van der Waals surface area (Å²) in [6.07, 6.45) is 3.44. The van der Waals surface area contributed by atoms with Gasteiger partial charge in [0.15, 0.2) is 0 Å². The molecule has 1 fully saturated rings. The van der Waals surface area contributed by atoms with Gasteiger partial charge in [-0.3, -0.25) is 4.79 Å². The zero-order valence-electron chi connectivity index (χ0n) is 14.6. The van der Waals surface area contributed by atoms with E-state index in [1.807, 2.05) is 0 Å². The number of furan rings is 1. The van der Waals surface area contributed by atoms with Crippen molar-refractivity contribution in [1.82, 2.24) is 9.62 Å². The Morgan fingerprint density at radius 3 is 2.50 bits per heavy atom. The van der Waals surface area contributed by atoms with Gasteiger partial charge in [-0.25, -0.2) is 8.42 Å². The van der Waals surface area contributed by atoms with Gasteiger partial charge < -0.3 is 14.1 Å². The molecule has 0 spiro atoms. The molecule has 1 aromatic heterocycles. The SMILES string of the molecule is COc1ccc(S(=O)(=O)NC(CC(=O)N2CCCC2)c2ccco2)cc1. The van der Waals surface area contributed by atoms with Crippen LogP contribution in [0.2, 0.25) is 0 Å². The molecular weight excluding hydrogens is 356 g/mol. The molecule has 1 amide bonds. The summed E-state index contributed by atoms with van der Waals surface area (Å²) in [6.45, 7) is 1.43. The maximum absolute atomic E-state index is 12.7. The van der Waals surface area contributed by atoms with Crippen molar-refractivity contribution in [3.63, 3.8) is 0 Å². The van der Waals surface area contributed by atoms with Gasteiger partial charge in [-0.15, -0.1) is 0 Å². The van der Waals surface area contributed by atoms with Crippen molar-refractivity contribution in [2.45, 2.75) is 30.2 Å². The average Bonchev–Trinajstić information content (AvgIpc) is 3.34. The molecule has 1 saturated heterocycles. The van der Waals surface area contributed by atoms with Crippen molar-refractivity contribution < 1.29 is 22.4 Å². The summed E-state index contributed by atoms with van der Waals surface area (Å²) in [5.74, 6) is 0.895. The Balaban J connectivity index is 1.79. The van der Waals surface area contributed by atoms with Crippen molar-refractivity contribution in [2.24, 2.45) is 0 Å². The number of carbonyl (C=O) groups excluding carboxylic acids is 1. The van der Waals surface area contributed by atoms with Crippen molar-refractivity contribution in [1.29, 1.82) is 0 Å². The maximum Gasteiger partial charge on any atom is 0.241 e. The molecule has 1 aliphatic rings. The first-order valence-corrected chi connectivity index (χ1v) is 9.95. The second kappa shape index (κ2) is 7.92. The molecule has 1 aromatic carbocycles. The number of ether oxygens (including phenoxy) is 1. The number of benzene rings is 1. The Bertz CT molecular complexity index is 825. The maximum atomic E-state index is 12.7. The van der Waals surface area contributed by atoms with Gasteiger partial charge >= 0.3 is 0 Å². The van der Waals surface area contributed by atoms with E-state index in [9.17, 15) is 13.2 Å². The minimum absolute atomic E-state index is 0.0168. The van der Waals surface area contributed by atoms with Crippen LogP contribution in [0.15, 0.2) is 52.0 Å². The molecule has 26 heavy (non-hydrogen) atoms. The smallest absolute Gasteiger partial charge is 0.241 e. The highest BCUT2D eigenvalue weighted by Crippen LogP contribution is 2.24. The second-order valence-electron chi connectivity index (χ2n) is 6.16. The van der Waals surface area contributed by atoms with Crippen LogP contribution in [-0.2, 0) is 14.8 Å². The summed E-state index contributed by atoms with van der Waals surface area (Å²) in [4.78, 5) is 14.4. The number of hydrogen-bond donors (Lipinski definition) is 1. The van der Waals surface area contributed by atoms with Gasteiger partial charge in [-0.05, 0) is 49.2 Å². The third kappa shape index (κ3) is 4.25. The third-order valence-electron chi connectivity index (χ3n) is 4.39. The van der Waals surface area contributed by atoms with E-state index >= 15 is 0 Å². The van der Waals surface area contributed by atoms with Gasteiger partial charge in [0.25, 0.3) is 0 Å². The zero-order valence-corrected chi connectivity index (χ0v) is 15.4. The Labute approximate surface area is 153 Å². The fourth-order valence-electron chi connectivity index (χ4n) is 2.97. The molecule has 7 nitrogen and oxygen atoms in total. The summed E-state index contributed by atoms with van der Waals surface area (Å²) < 4.78 is 38.4. The Morgan fingerprint density at radius 2 is 1.92 bits per heavy atom. The van der Waals surface area contributed by atoms with E-state index < -0.39 is 16.1 Å². The lowest BCUT2D eigenvalue weighted by atomic mass is 10.1. The molecule has 0 radical (unpaired) electrons. The van der Waals surface area contributed by atoms with Crippen molar-refractivity contribution in [2.75, 3.05) is 20.2 Å². The number of sulfonamides is 1. The van der Waals surface area contributed by atoms with E-state index in [4.69, 9.17) is 9.15 Å². The van der Waals surface area contributed by atoms with Gasteiger partial charge in [0.1, 0.15) is 11.5 Å². The van der Waals surface area contributed by atoms with E-state index in [1.54, 1.807) is 29.2 Å². The van der Waals surface area contributed by atoms with E-state index in [1.165, 1.54) is 25.5 Å². The summed E-state index contributed by atoms with van der Waals surface area (Å²) >= 11 is 0. The molecule has 8 heteroatoms. The predicted molar refractivity (Wildman–Crippen MR) is 95.2 cm³/mol. The molecular formula is C18H22N2O5S. The Kier molecular flexibility index (Phi) is 5.63. The number of amides is 1. The van der Waals surface area contributed by atoms with Crippen LogP contribution in [0.4, 0.5) is 0 Å².